The highest BCUT2D eigenvalue weighted by molar-refractivity contribution is 5.68. The lowest BCUT2D eigenvalue weighted by molar-refractivity contribution is 0.153. The number of hydrogen-bond acceptors (Lipinski definition) is 3. The molecule has 0 aliphatic carbocycles. The molecule has 1 heterocycles. The molecule has 1 rings (SSSR count). The Bertz CT molecular complexity index is 395. The standard InChI is InChI=1S/C9H12N2O3/c1-3-14-9(12)10-8-6-7(2)4-5-11(8)13/h4-6,13H,3H2,1-2H3/b10-8+. The zero-order valence-corrected chi connectivity index (χ0v) is 8.10. The van der Waals surface area contributed by atoms with Crippen molar-refractivity contribution in [2.24, 2.45) is 4.99 Å². The van der Waals surface area contributed by atoms with E-state index < -0.39 is 6.09 Å². The summed E-state index contributed by atoms with van der Waals surface area (Å²) in [5.41, 5.74) is 1.06. The first-order chi connectivity index (χ1) is 6.63. The Balaban J connectivity index is 3.05. The molecule has 0 radical (unpaired) electrons. The summed E-state index contributed by atoms with van der Waals surface area (Å²) in [6.45, 7) is 3.79. The van der Waals surface area contributed by atoms with Gasteiger partial charge >= 0.3 is 6.09 Å². The number of carbonyl (C=O) groups excluding carboxylic acids is 1. The van der Waals surface area contributed by atoms with Crippen molar-refractivity contribution in [1.29, 1.82) is 0 Å². The van der Waals surface area contributed by atoms with Crippen molar-refractivity contribution >= 4 is 6.09 Å². The fourth-order valence-electron chi connectivity index (χ4n) is 0.915. The van der Waals surface area contributed by atoms with Crippen LogP contribution in [0.4, 0.5) is 4.79 Å². The number of aryl methyl sites for hydroxylation is 1. The Morgan fingerprint density at radius 3 is 3.07 bits per heavy atom. The monoisotopic (exact) mass is 196 g/mol. The molecule has 1 N–H and O–H groups in total. The zero-order valence-electron chi connectivity index (χ0n) is 8.10. The molecule has 0 fully saturated rings. The average Bonchev–Trinajstić information content (AvgIpc) is 2.12. The van der Waals surface area contributed by atoms with Crippen LogP contribution in [0.15, 0.2) is 23.3 Å². The first kappa shape index (κ1) is 10.3. The molecular formula is C9H12N2O3. The van der Waals surface area contributed by atoms with E-state index >= 15 is 0 Å². The fourth-order valence-corrected chi connectivity index (χ4v) is 0.915. The highest BCUT2D eigenvalue weighted by Crippen LogP contribution is 1.89. The minimum atomic E-state index is -0.707. The molecule has 0 unspecified atom stereocenters. The van der Waals surface area contributed by atoms with Crippen LogP contribution in [0.2, 0.25) is 0 Å². The van der Waals surface area contributed by atoms with E-state index in [1.165, 1.54) is 6.20 Å². The first-order valence-corrected chi connectivity index (χ1v) is 4.23. The normalized spacial score (nSPS) is 11.4. The number of hydrogen-bond donors (Lipinski definition) is 1. The molecule has 0 saturated heterocycles. The predicted molar refractivity (Wildman–Crippen MR) is 48.9 cm³/mol. The number of pyridine rings is 1. The average molecular weight is 196 g/mol. The van der Waals surface area contributed by atoms with Crippen molar-refractivity contribution in [3.8, 4) is 0 Å². The van der Waals surface area contributed by atoms with Crippen LogP contribution in [-0.2, 0) is 4.74 Å². The molecule has 1 amide bonds. The molecule has 14 heavy (non-hydrogen) atoms. The van der Waals surface area contributed by atoms with Crippen molar-refractivity contribution in [1.82, 2.24) is 4.73 Å². The van der Waals surface area contributed by atoms with Gasteiger partial charge in [0.1, 0.15) is 0 Å². The Hall–Kier alpha value is -1.78. The maximum Gasteiger partial charge on any atom is 0.435 e. The van der Waals surface area contributed by atoms with E-state index in [4.69, 9.17) is 0 Å². The van der Waals surface area contributed by atoms with Crippen LogP contribution in [0.5, 0.6) is 0 Å². The summed E-state index contributed by atoms with van der Waals surface area (Å²) in [6, 6.07) is 3.28. The van der Waals surface area contributed by atoms with Gasteiger partial charge in [0.2, 0.25) is 0 Å². The van der Waals surface area contributed by atoms with Gasteiger partial charge in [0, 0.05) is 6.20 Å². The number of amides is 1. The largest absolute Gasteiger partial charge is 0.448 e. The van der Waals surface area contributed by atoms with E-state index in [2.05, 4.69) is 9.73 Å². The van der Waals surface area contributed by atoms with E-state index in [0.717, 1.165) is 10.3 Å². The highest BCUT2D eigenvalue weighted by Gasteiger charge is 1.98. The molecule has 0 aromatic carbocycles. The number of aromatic nitrogens is 1. The molecule has 5 nitrogen and oxygen atoms in total. The lowest BCUT2D eigenvalue weighted by Crippen LogP contribution is -2.20. The van der Waals surface area contributed by atoms with Crippen LogP contribution < -0.4 is 5.49 Å². The second-order valence-corrected chi connectivity index (χ2v) is 2.72. The van der Waals surface area contributed by atoms with E-state index in [9.17, 15) is 10.0 Å². The third-order valence-corrected chi connectivity index (χ3v) is 1.54. The smallest absolute Gasteiger partial charge is 0.435 e. The lowest BCUT2D eigenvalue weighted by atomic mass is 10.3. The molecule has 0 aliphatic heterocycles. The second-order valence-electron chi connectivity index (χ2n) is 2.72. The SMILES string of the molecule is CCOC(=O)/N=c1\cc(C)ccn1O. The van der Waals surface area contributed by atoms with E-state index in [0.29, 0.717) is 0 Å². The third kappa shape index (κ3) is 2.62. The molecule has 1 aromatic rings. The molecule has 0 aliphatic rings. The van der Waals surface area contributed by atoms with Gasteiger partial charge < -0.3 is 9.94 Å². The third-order valence-electron chi connectivity index (χ3n) is 1.54. The van der Waals surface area contributed by atoms with Crippen molar-refractivity contribution in [2.75, 3.05) is 6.61 Å². The summed E-state index contributed by atoms with van der Waals surface area (Å²) in [4.78, 5) is 14.5. The summed E-state index contributed by atoms with van der Waals surface area (Å²) in [6.07, 6.45) is 0.703. The predicted octanol–water partition coefficient (Wildman–Crippen LogP) is 1.09. The topological polar surface area (TPSA) is 63.8 Å². The Morgan fingerprint density at radius 2 is 2.43 bits per heavy atom. The van der Waals surface area contributed by atoms with Gasteiger partial charge in [-0.3, -0.25) is 0 Å². The van der Waals surface area contributed by atoms with Gasteiger partial charge in [-0.15, -0.1) is 0 Å². The minimum absolute atomic E-state index is 0.156. The van der Waals surface area contributed by atoms with Gasteiger partial charge in [-0.2, -0.15) is 9.72 Å². The second kappa shape index (κ2) is 4.45. The van der Waals surface area contributed by atoms with Crippen LogP contribution in [0.25, 0.3) is 0 Å². The van der Waals surface area contributed by atoms with E-state index in [1.807, 2.05) is 6.92 Å². The van der Waals surface area contributed by atoms with Gasteiger partial charge in [0.25, 0.3) is 0 Å². The Kier molecular flexibility index (Phi) is 3.28. The van der Waals surface area contributed by atoms with E-state index in [-0.39, 0.29) is 12.1 Å². The fraction of sp³-hybridized carbons (Fsp3) is 0.333. The van der Waals surface area contributed by atoms with Crippen LogP contribution in [0.1, 0.15) is 12.5 Å². The van der Waals surface area contributed by atoms with Crippen molar-refractivity contribution in [3.05, 3.63) is 29.4 Å². The maximum atomic E-state index is 11.0. The van der Waals surface area contributed by atoms with Crippen LogP contribution >= 0.6 is 0 Å². The molecule has 0 spiro atoms. The minimum Gasteiger partial charge on any atom is -0.448 e. The molecule has 5 heteroatoms. The number of ether oxygens (including phenoxy) is 1. The first-order valence-electron chi connectivity index (χ1n) is 4.23. The van der Waals surface area contributed by atoms with Crippen LogP contribution in [0.3, 0.4) is 0 Å². The van der Waals surface area contributed by atoms with Gasteiger partial charge in [-0.25, -0.2) is 4.79 Å². The maximum absolute atomic E-state index is 11.0. The van der Waals surface area contributed by atoms with Gasteiger partial charge in [0.05, 0.1) is 6.61 Å². The highest BCUT2D eigenvalue weighted by atomic mass is 16.5. The number of carbonyl (C=O) groups is 1. The van der Waals surface area contributed by atoms with E-state index in [1.54, 1.807) is 19.1 Å². The van der Waals surface area contributed by atoms with Gasteiger partial charge in [0.15, 0.2) is 5.49 Å². The summed E-state index contributed by atoms with van der Waals surface area (Å²) < 4.78 is 5.38. The van der Waals surface area contributed by atoms with Gasteiger partial charge in [-0.05, 0) is 31.5 Å². The number of nitrogens with zero attached hydrogens (tertiary/aromatic N) is 2. The van der Waals surface area contributed by atoms with Crippen molar-refractivity contribution < 1.29 is 14.7 Å². The molecule has 0 atom stereocenters. The summed E-state index contributed by atoms with van der Waals surface area (Å²) in [5, 5.41) is 9.27. The zero-order chi connectivity index (χ0) is 10.6. The summed E-state index contributed by atoms with van der Waals surface area (Å²) >= 11 is 0. The molecule has 0 saturated carbocycles. The number of rotatable bonds is 1. The summed E-state index contributed by atoms with van der Waals surface area (Å²) in [5.74, 6) is 0. The molecular weight excluding hydrogens is 184 g/mol. The van der Waals surface area contributed by atoms with Crippen molar-refractivity contribution in [3.63, 3.8) is 0 Å². The molecule has 0 bridgehead atoms. The Morgan fingerprint density at radius 1 is 1.71 bits per heavy atom. The molecule has 76 valence electrons. The van der Waals surface area contributed by atoms with Gasteiger partial charge in [-0.1, -0.05) is 0 Å². The van der Waals surface area contributed by atoms with Crippen molar-refractivity contribution in [2.45, 2.75) is 13.8 Å². The quantitative estimate of drug-likeness (QED) is 0.684. The van der Waals surface area contributed by atoms with Crippen LogP contribution in [-0.4, -0.2) is 22.6 Å². The van der Waals surface area contributed by atoms with Crippen LogP contribution in [0, 0.1) is 6.92 Å². The lowest BCUT2D eigenvalue weighted by Gasteiger charge is -1.99. The Labute approximate surface area is 81.2 Å². The molecule has 1 aromatic heterocycles. The summed E-state index contributed by atoms with van der Waals surface area (Å²) in [7, 11) is 0.